The molecule has 0 unspecified atom stereocenters. The topological polar surface area (TPSA) is 34.0 Å². The number of rotatable bonds is 1. The van der Waals surface area contributed by atoms with Crippen LogP contribution in [0.15, 0.2) is 65.3 Å². The minimum absolute atomic E-state index is 0.00186. The standard InChI is InChI=1S/C20H15BrN2O/c21-15-6-7-17-16(11-15)20(8-9-20)22-19(24)18-10-14(12-23(17)18)13-4-2-1-3-5-13/h1-7,10-12H,8-9H2,(H,22,24). The Hall–Kier alpha value is -2.33. The van der Waals surface area contributed by atoms with E-state index >= 15 is 0 Å². The Balaban J connectivity index is 1.75. The van der Waals surface area contributed by atoms with Crippen LogP contribution < -0.4 is 5.32 Å². The molecule has 1 saturated carbocycles. The molecule has 2 aromatic carbocycles. The Kier molecular flexibility index (Phi) is 2.83. The Morgan fingerprint density at radius 1 is 1.00 bits per heavy atom. The highest BCUT2D eigenvalue weighted by atomic mass is 79.9. The number of hydrogen-bond donors (Lipinski definition) is 1. The normalized spacial score (nSPS) is 17.0. The molecular formula is C20H15BrN2O. The van der Waals surface area contributed by atoms with E-state index in [1.54, 1.807) is 0 Å². The van der Waals surface area contributed by atoms with E-state index in [4.69, 9.17) is 0 Å². The predicted octanol–water partition coefficient (Wildman–Crippen LogP) is 4.64. The van der Waals surface area contributed by atoms with Gasteiger partial charge < -0.3 is 9.88 Å². The fraction of sp³-hybridized carbons (Fsp3) is 0.150. The van der Waals surface area contributed by atoms with E-state index < -0.39 is 0 Å². The molecule has 1 fully saturated rings. The average molecular weight is 379 g/mol. The van der Waals surface area contributed by atoms with E-state index in [0.717, 1.165) is 34.1 Å². The van der Waals surface area contributed by atoms with Gasteiger partial charge in [-0.25, -0.2) is 0 Å². The second-order valence-corrected chi connectivity index (χ2v) is 7.46. The van der Waals surface area contributed by atoms with Gasteiger partial charge in [-0.2, -0.15) is 0 Å². The smallest absolute Gasteiger partial charge is 0.268 e. The van der Waals surface area contributed by atoms with Gasteiger partial charge in [0, 0.05) is 21.8 Å². The summed E-state index contributed by atoms with van der Waals surface area (Å²) in [6.07, 6.45) is 4.07. The van der Waals surface area contributed by atoms with Crippen LogP contribution in [0.3, 0.4) is 0 Å². The number of nitrogens with one attached hydrogen (secondary N) is 1. The van der Waals surface area contributed by atoms with Crippen molar-refractivity contribution < 1.29 is 4.79 Å². The van der Waals surface area contributed by atoms with E-state index in [0.29, 0.717) is 5.69 Å². The first kappa shape index (κ1) is 14.1. The molecule has 2 aliphatic rings. The van der Waals surface area contributed by atoms with Gasteiger partial charge in [-0.05, 0) is 42.7 Å². The zero-order valence-corrected chi connectivity index (χ0v) is 14.5. The molecule has 0 atom stereocenters. The Morgan fingerprint density at radius 3 is 2.54 bits per heavy atom. The van der Waals surface area contributed by atoms with Gasteiger partial charge in [-0.3, -0.25) is 4.79 Å². The predicted molar refractivity (Wildman–Crippen MR) is 97.3 cm³/mol. The van der Waals surface area contributed by atoms with E-state index in [1.165, 1.54) is 5.56 Å². The van der Waals surface area contributed by atoms with Crippen molar-refractivity contribution in [2.24, 2.45) is 0 Å². The second kappa shape index (κ2) is 4.84. The fourth-order valence-corrected chi connectivity index (χ4v) is 3.96. The molecule has 1 aliphatic carbocycles. The minimum Gasteiger partial charge on any atom is -0.341 e. The van der Waals surface area contributed by atoms with Gasteiger partial charge in [0.15, 0.2) is 0 Å². The molecule has 0 bridgehead atoms. The van der Waals surface area contributed by atoms with Gasteiger partial charge in [0.2, 0.25) is 0 Å². The number of hydrogen-bond acceptors (Lipinski definition) is 1. The lowest BCUT2D eigenvalue weighted by Crippen LogP contribution is -2.33. The summed E-state index contributed by atoms with van der Waals surface area (Å²) in [6, 6.07) is 18.4. The van der Waals surface area contributed by atoms with Gasteiger partial charge in [0.05, 0.1) is 11.2 Å². The van der Waals surface area contributed by atoms with Gasteiger partial charge in [0.1, 0.15) is 5.69 Å². The molecule has 1 N–H and O–H groups in total. The highest BCUT2D eigenvalue weighted by molar-refractivity contribution is 9.10. The second-order valence-electron chi connectivity index (χ2n) is 6.55. The van der Waals surface area contributed by atoms with Crippen LogP contribution >= 0.6 is 15.9 Å². The first-order valence-corrected chi connectivity index (χ1v) is 8.86. The number of aromatic nitrogens is 1. The third-order valence-corrected chi connectivity index (χ3v) is 5.49. The molecule has 4 heteroatoms. The Labute approximate surface area is 148 Å². The molecular weight excluding hydrogens is 364 g/mol. The van der Waals surface area contributed by atoms with E-state index in [2.05, 4.69) is 51.7 Å². The van der Waals surface area contributed by atoms with Crippen molar-refractivity contribution in [1.29, 1.82) is 0 Å². The lowest BCUT2D eigenvalue weighted by molar-refractivity contribution is 0.0927. The maximum atomic E-state index is 12.8. The summed E-state index contributed by atoms with van der Waals surface area (Å²) in [7, 11) is 0. The van der Waals surface area contributed by atoms with Crippen LogP contribution in [0.4, 0.5) is 0 Å². The maximum Gasteiger partial charge on any atom is 0.268 e. The van der Waals surface area contributed by atoms with Crippen LogP contribution in [0.2, 0.25) is 0 Å². The van der Waals surface area contributed by atoms with E-state index in [9.17, 15) is 4.79 Å². The van der Waals surface area contributed by atoms with E-state index in [1.807, 2.05) is 34.9 Å². The highest BCUT2D eigenvalue weighted by Gasteiger charge is 2.49. The number of carbonyl (C=O) groups excluding carboxylic acids is 1. The molecule has 3 nitrogen and oxygen atoms in total. The lowest BCUT2D eigenvalue weighted by Gasteiger charge is -2.17. The van der Waals surface area contributed by atoms with Crippen LogP contribution in [-0.4, -0.2) is 10.5 Å². The van der Waals surface area contributed by atoms with Crippen molar-refractivity contribution in [2.75, 3.05) is 0 Å². The third kappa shape index (κ3) is 1.99. The van der Waals surface area contributed by atoms with Crippen molar-refractivity contribution >= 4 is 21.8 Å². The van der Waals surface area contributed by atoms with Crippen molar-refractivity contribution in [3.8, 4) is 16.8 Å². The molecule has 0 saturated heterocycles. The molecule has 1 amide bonds. The maximum absolute atomic E-state index is 12.8. The quantitative estimate of drug-likeness (QED) is 0.657. The van der Waals surface area contributed by atoms with Crippen LogP contribution in [0.1, 0.15) is 28.9 Å². The summed E-state index contributed by atoms with van der Waals surface area (Å²) < 4.78 is 3.08. The average Bonchev–Trinajstić information content (AvgIpc) is 3.25. The number of fused-ring (bicyclic) bond motifs is 4. The molecule has 1 aliphatic heterocycles. The summed E-state index contributed by atoms with van der Waals surface area (Å²) in [6.45, 7) is 0. The number of nitrogens with zero attached hydrogens (tertiary/aromatic N) is 1. The summed E-state index contributed by atoms with van der Waals surface area (Å²) in [5.74, 6) is 0.00186. The van der Waals surface area contributed by atoms with Crippen LogP contribution in [0.25, 0.3) is 16.8 Å². The zero-order valence-electron chi connectivity index (χ0n) is 12.9. The number of halogens is 1. The number of amides is 1. The summed E-state index contributed by atoms with van der Waals surface area (Å²) in [5.41, 5.74) is 4.96. The van der Waals surface area contributed by atoms with Crippen molar-refractivity contribution in [1.82, 2.24) is 9.88 Å². The molecule has 5 rings (SSSR count). The first-order valence-electron chi connectivity index (χ1n) is 8.07. The first-order chi connectivity index (χ1) is 11.7. The summed E-state index contributed by atoms with van der Waals surface area (Å²) >= 11 is 3.57. The van der Waals surface area contributed by atoms with Crippen molar-refractivity contribution in [3.63, 3.8) is 0 Å². The SMILES string of the molecule is O=C1NC2(CC2)c2cc(Br)ccc2-n2cc(-c3ccccc3)cc21. The highest BCUT2D eigenvalue weighted by Crippen LogP contribution is 2.50. The number of carbonyl (C=O) groups is 1. The third-order valence-electron chi connectivity index (χ3n) is 5.00. The van der Waals surface area contributed by atoms with Gasteiger partial charge in [0.25, 0.3) is 5.91 Å². The van der Waals surface area contributed by atoms with Crippen molar-refractivity contribution in [3.05, 3.63) is 76.5 Å². The van der Waals surface area contributed by atoms with E-state index in [-0.39, 0.29) is 11.4 Å². The molecule has 24 heavy (non-hydrogen) atoms. The zero-order chi connectivity index (χ0) is 16.3. The van der Waals surface area contributed by atoms with Gasteiger partial charge >= 0.3 is 0 Å². The molecule has 3 aromatic rings. The molecule has 2 heterocycles. The van der Waals surface area contributed by atoms with Gasteiger partial charge in [-0.15, -0.1) is 0 Å². The van der Waals surface area contributed by atoms with Gasteiger partial charge in [-0.1, -0.05) is 46.3 Å². The molecule has 118 valence electrons. The van der Waals surface area contributed by atoms with Crippen molar-refractivity contribution in [2.45, 2.75) is 18.4 Å². The monoisotopic (exact) mass is 378 g/mol. The minimum atomic E-state index is -0.192. The van der Waals surface area contributed by atoms with Crippen LogP contribution in [0.5, 0.6) is 0 Å². The largest absolute Gasteiger partial charge is 0.341 e. The Bertz CT molecular complexity index is 971. The molecule has 1 aromatic heterocycles. The molecule has 0 radical (unpaired) electrons. The lowest BCUT2D eigenvalue weighted by atomic mass is 10.0. The fourth-order valence-electron chi connectivity index (χ4n) is 3.60. The molecule has 1 spiro atoms. The summed E-state index contributed by atoms with van der Waals surface area (Å²) in [5, 5.41) is 3.25. The van der Waals surface area contributed by atoms with Crippen LogP contribution in [0, 0.1) is 0 Å². The Morgan fingerprint density at radius 2 is 1.79 bits per heavy atom. The van der Waals surface area contributed by atoms with Crippen LogP contribution in [-0.2, 0) is 5.54 Å². The number of benzene rings is 2. The summed E-state index contributed by atoms with van der Waals surface area (Å²) in [4.78, 5) is 12.8.